The molecule has 5 nitrogen and oxygen atoms in total. The normalized spacial score (nSPS) is 15.5. The first-order valence-corrected chi connectivity index (χ1v) is 11.0. The van der Waals surface area contributed by atoms with E-state index in [-0.39, 0.29) is 27.9 Å². The molecule has 0 bridgehead atoms. The Hall–Kier alpha value is -3.91. The summed E-state index contributed by atoms with van der Waals surface area (Å²) in [7, 11) is 0. The average molecular weight is 460 g/mol. The number of halogens is 2. The molecule has 0 saturated carbocycles. The van der Waals surface area contributed by atoms with Crippen molar-refractivity contribution in [1.29, 1.82) is 0 Å². The molecule has 0 unspecified atom stereocenters. The fourth-order valence-corrected chi connectivity index (χ4v) is 5.35. The molecule has 3 aromatic carbocycles. The lowest BCUT2D eigenvalue weighted by Gasteiger charge is -2.22. The first-order valence-electron chi connectivity index (χ1n) is 10.1. The molecule has 0 radical (unpaired) electrons. The van der Waals surface area contributed by atoms with Gasteiger partial charge in [0.15, 0.2) is 10.6 Å². The fourth-order valence-electron chi connectivity index (χ4n) is 4.26. The van der Waals surface area contributed by atoms with Gasteiger partial charge < -0.3 is 4.42 Å². The zero-order valence-electron chi connectivity index (χ0n) is 17.1. The number of carbonyl (C=O) groups excluding carboxylic acids is 1. The number of anilines is 1. The minimum atomic E-state index is -1.10. The second kappa shape index (κ2) is 7.05. The number of rotatable bonds is 2. The van der Waals surface area contributed by atoms with Crippen molar-refractivity contribution >= 4 is 43.6 Å². The summed E-state index contributed by atoms with van der Waals surface area (Å²) in [6.07, 6.45) is 0. The second-order valence-electron chi connectivity index (χ2n) is 7.88. The number of carbonyl (C=O) groups is 1. The van der Waals surface area contributed by atoms with Crippen LogP contribution in [0.4, 0.5) is 13.9 Å². The van der Waals surface area contributed by atoms with Crippen molar-refractivity contribution in [3.63, 3.8) is 0 Å². The highest BCUT2D eigenvalue weighted by Crippen LogP contribution is 2.44. The van der Waals surface area contributed by atoms with Gasteiger partial charge in [-0.2, -0.15) is 0 Å². The molecule has 1 aliphatic rings. The van der Waals surface area contributed by atoms with Crippen molar-refractivity contribution in [2.75, 3.05) is 4.90 Å². The Kier molecular flexibility index (Phi) is 4.22. The molecule has 1 atom stereocenters. The molecule has 2 aromatic heterocycles. The maximum Gasteiger partial charge on any atom is 0.297 e. The Morgan fingerprint density at radius 3 is 2.67 bits per heavy atom. The summed E-state index contributed by atoms with van der Waals surface area (Å²) in [6.45, 7) is 1.95. The van der Waals surface area contributed by atoms with Crippen LogP contribution in [0, 0.1) is 18.6 Å². The third-order valence-corrected chi connectivity index (χ3v) is 6.79. The maximum atomic E-state index is 15.0. The fraction of sp³-hybridized carbons (Fsp3) is 0.0800. The Bertz CT molecular complexity index is 1670. The highest BCUT2D eigenvalue weighted by Gasteiger charge is 2.45. The average Bonchev–Trinajstić information content (AvgIpc) is 3.33. The molecule has 33 heavy (non-hydrogen) atoms. The van der Waals surface area contributed by atoms with E-state index in [1.54, 1.807) is 6.07 Å². The predicted molar refractivity (Wildman–Crippen MR) is 122 cm³/mol. The van der Waals surface area contributed by atoms with Crippen LogP contribution in [0.25, 0.3) is 21.2 Å². The van der Waals surface area contributed by atoms with Crippen molar-refractivity contribution in [2.45, 2.75) is 13.0 Å². The summed E-state index contributed by atoms with van der Waals surface area (Å²) in [6, 6.07) is 14.1. The Morgan fingerprint density at radius 1 is 1.03 bits per heavy atom. The van der Waals surface area contributed by atoms with Crippen LogP contribution in [0.2, 0.25) is 0 Å². The largest absolute Gasteiger partial charge is 0.450 e. The number of fused-ring (bicyclic) bond motifs is 3. The smallest absolute Gasteiger partial charge is 0.297 e. The molecule has 0 N–H and O–H groups in total. The van der Waals surface area contributed by atoms with Crippen LogP contribution in [0.5, 0.6) is 0 Å². The van der Waals surface area contributed by atoms with Gasteiger partial charge in [0, 0.05) is 5.56 Å². The van der Waals surface area contributed by atoms with Gasteiger partial charge in [-0.15, -0.1) is 0 Å². The van der Waals surface area contributed by atoms with Gasteiger partial charge in [-0.25, -0.2) is 13.8 Å². The molecular weight excluding hydrogens is 446 g/mol. The third-order valence-electron chi connectivity index (χ3n) is 5.77. The zero-order valence-corrected chi connectivity index (χ0v) is 18.0. The van der Waals surface area contributed by atoms with Gasteiger partial charge in [0.2, 0.25) is 5.76 Å². The number of benzene rings is 3. The van der Waals surface area contributed by atoms with Crippen LogP contribution in [-0.4, -0.2) is 10.9 Å². The van der Waals surface area contributed by atoms with Crippen LogP contribution in [0.1, 0.15) is 33.3 Å². The van der Waals surface area contributed by atoms with Gasteiger partial charge in [0.25, 0.3) is 5.91 Å². The summed E-state index contributed by atoms with van der Waals surface area (Å²) in [5.41, 5.74) is 1.32. The van der Waals surface area contributed by atoms with E-state index in [0.29, 0.717) is 10.6 Å². The minimum absolute atomic E-state index is 0.00957. The molecule has 1 aliphatic heterocycles. The first-order chi connectivity index (χ1) is 15.9. The molecule has 0 saturated heterocycles. The van der Waals surface area contributed by atoms with Crippen LogP contribution in [0.3, 0.4) is 0 Å². The Labute approximate surface area is 189 Å². The second-order valence-corrected chi connectivity index (χ2v) is 8.89. The molecular formula is C25H14F2N2O3S. The maximum absolute atomic E-state index is 15.0. The van der Waals surface area contributed by atoms with E-state index in [2.05, 4.69) is 4.98 Å². The van der Waals surface area contributed by atoms with Crippen molar-refractivity contribution in [3.8, 4) is 0 Å². The van der Waals surface area contributed by atoms with Gasteiger partial charge in [-0.1, -0.05) is 35.6 Å². The van der Waals surface area contributed by atoms with E-state index >= 15 is 0 Å². The number of aromatic nitrogens is 1. The van der Waals surface area contributed by atoms with Gasteiger partial charge in [0.05, 0.1) is 21.2 Å². The molecule has 5 aromatic rings. The summed E-state index contributed by atoms with van der Waals surface area (Å²) >= 11 is 1.27. The number of hydrogen-bond acceptors (Lipinski definition) is 5. The van der Waals surface area contributed by atoms with Crippen LogP contribution >= 0.6 is 11.3 Å². The molecule has 3 heterocycles. The van der Waals surface area contributed by atoms with E-state index in [1.165, 1.54) is 40.5 Å². The molecule has 0 fully saturated rings. The third kappa shape index (κ3) is 2.91. The molecule has 6 rings (SSSR count). The summed E-state index contributed by atoms with van der Waals surface area (Å²) in [4.78, 5) is 32.9. The molecule has 0 aliphatic carbocycles. The van der Waals surface area contributed by atoms with Crippen LogP contribution in [-0.2, 0) is 0 Å². The monoisotopic (exact) mass is 460 g/mol. The lowest BCUT2D eigenvalue weighted by atomic mass is 9.98. The van der Waals surface area contributed by atoms with Crippen LogP contribution in [0.15, 0.2) is 69.9 Å². The molecule has 1 amide bonds. The number of hydrogen-bond donors (Lipinski definition) is 0. The first kappa shape index (κ1) is 19.8. The van der Waals surface area contributed by atoms with Crippen molar-refractivity contribution in [1.82, 2.24) is 4.98 Å². The number of aryl methyl sites for hydroxylation is 1. The summed E-state index contributed by atoms with van der Waals surface area (Å²) in [5.74, 6) is -1.98. The van der Waals surface area contributed by atoms with E-state index < -0.39 is 29.0 Å². The van der Waals surface area contributed by atoms with E-state index in [9.17, 15) is 18.4 Å². The number of nitrogens with zero attached hydrogens (tertiary/aromatic N) is 2. The van der Waals surface area contributed by atoms with Crippen LogP contribution < -0.4 is 10.3 Å². The minimum Gasteiger partial charge on any atom is -0.450 e. The van der Waals surface area contributed by atoms with Gasteiger partial charge in [0.1, 0.15) is 23.3 Å². The van der Waals surface area contributed by atoms with Gasteiger partial charge in [-0.05, 0) is 48.9 Å². The quantitative estimate of drug-likeness (QED) is 0.337. The number of thiazole rings is 1. The topological polar surface area (TPSA) is 63.4 Å². The van der Waals surface area contributed by atoms with Crippen molar-refractivity contribution in [3.05, 3.63) is 105 Å². The summed E-state index contributed by atoms with van der Waals surface area (Å²) in [5, 5.41) is 0.305. The highest BCUT2D eigenvalue weighted by atomic mass is 32.1. The lowest BCUT2D eigenvalue weighted by molar-refractivity contribution is 0.0971. The molecule has 8 heteroatoms. The van der Waals surface area contributed by atoms with E-state index in [4.69, 9.17) is 4.42 Å². The predicted octanol–water partition coefficient (Wildman–Crippen LogP) is 5.74. The highest BCUT2D eigenvalue weighted by molar-refractivity contribution is 7.22. The Balaban J connectivity index is 1.66. The number of amides is 1. The molecule has 0 spiro atoms. The van der Waals surface area contributed by atoms with Crippen molar-refractivity contribution < 1.29 is 18.0 Å². The zero-order chi connectivity index (χ0) is 22.9. The lowest BCUT2D eigenvalue weighted by Crippen LogP contribution is -2.30. The Morgan fingerprint density at radius 2 is 1.85 bits per heavy atom. The SMILES string of the molecule is Cc1ccc2nc(N3C(=O)c4oc5ccc(F)cc5c(=O)c4[C@H]3c3ccccc3F)sc2c1. The van der Waals surface area contributed by atoms with Crippen molar-refractivity contribution in [2.24, 2.45) is 0 Å². The molecule has 162 valence electrons. The van der Waals surface area contributed by atoms with Gasteiger partial charge >= 0.3 is 0 Å². The van der Waals surface area contributed by atoms with E-state index in [0.717, 1.165) is 22.4 Å². The summed E-state index contributed by atoms with van der Waals surface area (Å²) < 4.78 is 35.5. The van der Waals surface area contributed by atoms with E-state index in [1.807, 2.05) is 25.1 Å². The van der Waals surface area contributed by atoms with Gasteiger partial charge in [-0.3, -0.25) is 14.5 Å². The standard InChI is InChI=1S/C25H14F2N2O3S/c1-12-6-8-17-19(10-12)33-25(28-17)29-21(14-4-2-3-5-16(14)27)20-22(30)15-11-13(26)7-9-18(15)32-23(20)24(29)31/h2-11,21H,1H3/t21-/m1/s1.